The molecular weight excluding hydrogens is 260 g/mol. The quantitative estimate of drug-likeness (QED) is 0.869. The van der Waals surface area contributed by atoms with Crippen molar-refractivity contribution in [1.82, 2.24) is 0 Å². The maximum Gasteiger partial charge on any atom is 0.295 e. The van der Waals surface area contributed by atoms with Crippen LogP contribution in [-0.4, -0.2) is 13.0 Å². The molecule has 3 nitrogen and oxygen atoms in total. The van der Waals surface area contributed by atoms with E-state index in [9.17, 15) is 13.0 Å². The monoisotopic (exact) mass is 278 g/mol. The molecule has 0 heterocycles. The molecule has 0 radical (unpaired) electrons. The lowest BCUT2D eigenvalue weighted by Gasteiger charge is -2.15. The van der Waals surface area contributed by atoms with Crippen LogP contribution in [0.15, 0.2) is 35.2 Å². The van der Waals surface area contributed by atoms with Gasteiger partial charge in [0.15, 0.2) is 0 Å². The van der Waals surface area contributed by atoms with E-state index in [1.54, 1.807) is 12.1 Å². The minimum Gasteiger partial charge on any atom is -0.282 e. The number of hydrogen-bond donors (Lipinski definition) is 1. The first kappa shape index (κ1) is 14.0. The first-order valence-corrected chi connectivity index (χ1v) is 7.94. The molecule has 0 aliphatic rings. The zero-order valence-corrected chi connectivity index (χ0v) is 12.0. The van der Waals surface area contributed by atoms with Gasteiger partial charge in [0.1, 0.15) is 4.90 Å². The Morgan fingerprint density at radius 2 is 1.84 bits per heavy atom. The van der Waals surface area contributed by atoms with Gasteiger partial charge in [0.2, 0.25) is 0 Å². The van der Waals surface area contributed by atoms with Crippen LogP contribution < -0.4 is 0 Å². The first-order chi connectivity index (χ1) is 8.99. The van der Waals surface area contributed by atoms with Crippen molar-refractivity contribution < 1.29 is 13.0 Å². The van der Waals surface area contributed by atoms with Crippen LogP contribution in [0.1, 0.15) is 31.4 Å². The zero-order chi connectivity index (χ0) is 14.0. The maximum absolute atomic E-state index is 11.8. The highest BCUT2D eigenvalue weighted by Crippen LogP contribution is 2.31. The van der Waals surface area contributed by atoms with E-state index in [0.29, 0.717) is 11.8 Å². The summed E-state index contributed by atoms with van der Waals surface area (Å²) in [6.45, 7) is 4.00. The van der Waals surface area contributed by atoms with E-state index >= 15 is 0 Å². The van der Waals surface area contributed by atoms with Crippen LogP contribution in [0.4, 0.5) is 0 Å². The molecule has 0 aliphatic heterocycles. The Hall–Kier alpha value is -1.39. The van der Waals surface area contributed by atoms with E-state index < -0.39 is 10.1 Å². The highest BCUT2D eigenvalue weighted by atomic mass is 32.2. The third kappa shape index (κ3) is 2.65. The number of hydrogen-bond acceptors (Lipinski definition) is 2. The van der Waals surface area contributed by atoms with E-state index in [4.69, 9.17) is 0 Å². The fraction of sp³-hybridized carbons (Fsp3) is 0.333. The number of fused-ring (bicyclic) bond motifs is 1. The molecule has 0 amide bonds. The van der Waals surface area contributed by atoms with Gasteiger partial charge in [-0.2, -0.15) is 8.42 Å². The highest BCUT2D eigenvalue weighted by molar-refractivity contribution is 7.86. The molecule has 0 unspecified atom stereocenters. The normalized spacial score (nSPS) is 11.9. The smallest absolute Gasteiger partial charge is 0.282 e. The second-order valence-electron chi connectivity index (χ2n) is 4.64. The fourth-order valence-corrected chi connectivity index (χ4v) is 3.56. The largest absolute Gasteiger partial charge is 0.295 e. The van der Waals surface area contributed by atoms with Crippen molar-refractivity contribution in [2.24, 2.45) is 0 Å². The summed E-state index contributed by atoms with van der Waals surface area (Å²) in [5.41, 5.74) is 1.75. The molecule has 0 saturated carbocycles. The van der Waals surface area contributed by atoms with Crippen LogP contribution in [0.3, 0.4) is 0 Å². The third-order valence-corrected chi connectivity index (χ3v) is 4.32. The summed E-state index contributed by atoms with van der Waals surface area (Å²) in [7, 11) is -4.21. The Morgan fingerprint density at radius 3 is 2.42 bits per heavy atom. The zero-order valence-electron chi connectivity index (χ0n) is 11.2. The lowest BCUT2D eigenvalue weighted by atomic mass is 9.96. The summed E-state index contributed by atoms with van der Waals surface area (Å²) in [6.07, 6.45) is 2.25. The third-order valence-electron chi connectivity index (χ3n) is 3.34. The molecule has 0 fully saturated rings. The standard InChI is InChI=1S/C15H18O3S/c1-3-7-13-11(4-2)10-12-8-5-6-9-14(12)15(13)19(16,17)18/h5-6,8-10H,3-4,7H2,1-2H3,(H,16,17,18). The number of aryl methyl sites for hydroxylation is 1. The van der Waals surface area contributed by atoms with Crippen LogP contribution >= 0.6 is 0 Å². The molecule has 0 bridgehead atoms. The van der Waals surface area contributed by atoms with Gasteiger partial charge in [-0.05, 0) is 29.4 Å². The first-order valence-electron chi connectivity index (χ1n) is 6.50. The predicted molar refractivity (Wildman–Crippen MR) is 77.1 cm³/mol. The van der Waals surface area contributed by atoms with E-state index in [0.717, 1.165) is 29.4 Å². The summed E-state index contributed by atoms with van der Waals surface area (Å²) < 4.78 is 33.1. The summed E-state index contributed by atoms with van der Waals surface area (Å²) in [5.74, 6) is 0. The van der Waals surface area contributed by atoms with Crippen molar-refractivity contribution in [3.05, 3.63) is 41.5 Å². The van der Waals surface area contributed by atoms with Crippen molar-refractivity contribution in [1.29, 1.82) is 0 Å². The van der Waals surface area contributed by atoms with Crippen molar-refractivity contribution in [3.8, 4) is 0 Å². The molecule has 0 aromatic heterocycles. The van der Waals surface area contributed by atoms with E-state index in [-0.39, 0.29) is 4.90 Å². The van der Waals surface area contributed by atoms with Crippen LogP contribution in [0.5, 0.6) is 0 Å². The molecule has 102 valence electrons. The predicted octanol–water partition coefficient (Wildman–Crippen LogP) is 3.60. The average Bonchev–Trinajstić information content (AvgIpc) is 2.36. The maximum atomic E-state index is 11.8. The SMILES string of the molecule is CCCc1c(CC)cc2ccccc2c1S(=O)(=O)O. The van der Waals surface area contributed by atoms with Crippen LogP contribution in [0, 0.1) is 0 Å². The van der Waals surface area contributed by atoms with Gasteiger partial charge in [0, 0.05) is 5.39 Å². The molecule has 1 N–H and O–H groups in total. The number of rotatable bonds is 4. The molecule has 2 rings (SSSR count). The average molecular weight is 278 g/mol. The second-order valence-corrected chi connectivity index (χ2v) is 6.00. The van der Waals surface area contributed by atoms with Crippen molar-refractivity contribution >= 4 is 20.9 Å². The van der Waals surface area contributed by atoms with Gasteiger partial charge in [0.05, 0.1) is 0 Å². The lowest BCUT2D eigenvalue weighted by Crippen LogP contribution is -2.07. The Labute approximate surface area is 114 Å². The van der Waals surface area contributed by atoms with E-state index in [1.807, 2.05) is 32.0 Å². The Morgan fingerprint density at radius 1 is 1.16 bits per heavy atom. The summed E-state index contributed by atoms with van der Waals surface area (Å²) in [6, 6.07) is 9.30. The second kappa shape index (κ2) is 5.31. The van der Waals surface area contributed by atoms with Gasteiger partial charge in [-0.3, -0.25) is 4.55 Å². The molecule has 2 aromatic rings. The summed E-state index contributed by atoms with van der Waals surface area (Å²) in [5, 5.41) is 1.46. The van der Waals surface area contributed by atoms with E-state index in [1.165, 1.54) is 0 Å². The molecular formula is C15H18O3S. The summed E-state index contributed by atoms with van der Waals surface area (Å²) in [4.78, 5) is 0.0873. The van der Waals surface area contributed by atoms with Gasteiger partial charge >= 0.3 is 0 Å². The molecule has 2 aromatic carbocycles. The van der Waals surface area contributed by atoms with Gasteiger partial charge in [-0.25, -0.2) is 0 Å². The van der Waals surface area contributed by atoms with Crippen molar-refractivity contribution in [2.45, 2.75) is 38.0 Å². The van der Waals surface area contributed by atoms with Crippen molar-refractivity contribution in [3.63, 3.8) is 0 Å². The molecule has 0 aliphatic carbocycles. The van der Waals surface area contributed by atoms with Gasteiger partial charge in [-0.1, -0.05) is 50.6 Å². The van der Waals surface area contributed by atoms with Crippen LogP contribution in [0.2, 0.25) is 0 Å². The molecule has 0 spiro atoms. The fourth-order valence-electron chi connectivity index (χ4n) is 2.55. The van der Waals surface area contributed by atoms with Gasteiger partial charge in [0.25, 0.3) is 10.1 Å². The number of benzene rings is 2. The lowest BCUT2D eigenvalue weighted by molar-refractivity contribution is 0.483. The highest BCUT2D eigenvalue weighted by Gasteiger charge is 2.21. The minimum atomic E-state index is -4.21. The molecule has 0 saturated heterocycles. The van der Waals surface area contributed by atoms with Crippen LogP contribution in [0.25, 0.3) is 10.8 Å². The van der Waals surface area contributed by atoms with E-state index in [2.05, 4.69) is 0 Å². The Bertz CT molecular complexity index is 703. The Kier molecular flexibility index (Phi) is 3.92. The van der Waals surface area contributed by atoms with Crippen LogP contribution in [-0.2, 0) is 23.0 Å². The Balaban J connectivity index is 2.95. The molecule has 0 atom stereocenters. The van der Waals surface area contributed by atoms with Crippen molar-refractivity contribution in [2.75, 3.05) is 0 Å². The van der Waals surface area contributed by atoms with Gasteiger partial charge < -0.3 is 0 Å². The summed E-state index contributed by atoms with van der Waals surface area (Å²) >= 11 is 0. The van der Waals surface area contributed by atoms with Gasteiger partial charge in [-0.15, -0.1) is 0 Å². The topological polar surface area (TPSA) is 54.4 Å². The molecule has 4 heteroatoms. The molecule has 19 heavy (non-hydrogen) atoms. The minimum absolute atomic E-state index is 0.0873.